The predicted molar refractivity (Wildman–Crippen MR) is 92.5 cm³/mol. The topological polar surface area (TPSA) is 53.6 Å². The van der Waals surface area contributed by atoms with Gasteiger partial charge in [-0.25, -0.2) is 0 Å². The number of morpholine rings is 1. The fraction of sp³-hybridized carbons (Fsp3) is 0.611. The Morgan fingerprint density at radius 2 is 2.09 bits per heavy atom. The highest BCUT2D eigenvalue weighted by molar-refractivity contribution is 5.82. The fourth-order valence-electron chi connectivity index (χ4n) is 2.91. The summed E-state index contributed by atoms with van der Waals surface area (Å²) in [5, 5.41) is 6.29. The summed E-state index contributed by atoms with van der Waals surface area (Å²) >= 11 is 0. The van der Waals surface area contributed by atoms with Crippen molar-refractivity contribution in [2.75, 3.05) is 33.8 Å². The minimum atomic E-state index is -0.269. The standard InChI is InChI=1S/C18H29N3O2/c1-5-14-6-8-15(9-7-14)16(21(3)4)12-20-18(22)17-13(2)23-11-10-19-17/h6-9,13,16-17,19H,5,10-12H2,1-4H3,(H,20,22)/t13-,16?,17+/m1/s1. The van der Waals surface area contributed by atoms with Crippen LogP contribution in [0, 0.1) is 0 Å². The molecule has 5 heteroatoms. The first-order valence-electron chi connectivity index (χ1n) is 8.41. The van der Waals surface area contributed by atoms with Gasteiger partial charge < -0.3 is 20.3 Å². The normalized spacial score (nSPS) is 22.8. The Kier molecular flexibility index (Phi) is 6.57. The molecule has 2 N–H and O–H groups in total. The van der Waals surface area contributed by atoms with Gasteiger partial charge in [0.15, 0.2) is 0 Å². The summed E-state index contributed by atoms with van der Waals surface area (Å²) in [5.74, 6) is 0.00854. The lowest BCUT2D eigenvalue weighted by molar-refractivity contribution is -0.129. The summed E-state index contributed by atoms with van der Waals surface area (Å²) in [7, 11) is 4.07. The summed E-state index contributed by atoms with van der Waals surface area (Å²) in [4.78, 5) is 14.5. The van der Waals surface area contributed by atoms with Crippen LogP contribution in [-0.2, 0) is 16.0 Å². The molecular formula is C18H29N3O2. The van der Waals surface area contributed by atoms with Crippen LogP contribution < -0.4 is 10.6 Å². The Labute approximate surface area is 139 Å². The van der Waals surface area contributed by atoms with Crippen LogP contribution in [0.15, 0.2) is 24.3 Å². The molecule has 3 atom stereocenters. The van der Waals surface area contributed by atoms with Crippen molar-refractivity contribution in [2.24, 2.45) is 0 Å². The van der Waals surface area contributed by atoms with Gasteiger partial charge >= 0.3 is 0 Å². The quantitative estimate of drug-likeness (QED) is 0.831. The zero-order valence-electron chi connectivity index (χ0n) is 14.6. The van der Waals surface area contributed by atoms with Gasteiger partial charge in [0.1, 0.15) is 6.04 Å². The Hall–Kier alpha value is -1.43. The molecule has 2 rings (SSSR count). The van der Waals surface area contributed by atoms with Crippen molar-refractivity contribution >= 4 is 5.91 Å². The first-order chi connectivity index (χ1) is 11.0. The number of amides is 1. The summed E-state index contributed by atoms with van der Waals surface area (Å²) in [5.41, 5.74) is 2.54. The number of hydrogen-bond donors (Lipinski definition) is 2. The number of benzene rings is 1. The van der Waals surface area contributed by atoms with Crippen LogP contribution >= 0.6 is 0 Å². The van der Waals surface area contributed by atoms with Gasteiger partial charge in [-0.05, 0) is 38.6 Å². The average molecular weight is 319 g/mol. The van der Waals surface area contributed by atoms with Gasteiger partial charge in [0.2, 0.25) is 5.91 Å². The van der Waals surface area contributed by atoms with Crippen LogP contribution in [0.1, 0.15) is 31.0 Å². The van der Waals surface area contributed by atoms with Crippen molar-refractivity contribution in [2.45, 2.75) is 38.5 Å². The van der Waals surface area contributed by atoms with Crippen LogP contribution in [0.5, 0.6) is 0 Å². The Morgan fingerprint density at radius 3 is 2.65 bits per heavy atom. The molecule has 1 heterocycles. The van der Waals surface area contributed by atoms with Crippen molar-refractivity contribution in [3.05, 3.63) is 35.4 Å². The molecule has 0 radical (unpaired) electrons. The summed E-state index contributed by atoms with van der Waals surface area (Å²) < 4.78 is 5.54. The van der Waals surface area contributed by atoms with Crippen molar-refractivity contribution in [1.29, 1.82) is 0 Å². The van der Waals surface area contributed by atoms with Crippen LogP contribution in [0.3, 0.4) is 0 Å². The highest BCUT2D eigenvalue weighted by Gasteiger charge is 2.28. The Morgan fingerprint density at radius 1 is 1.39 bits per heavy atom. The van der Waals surface area contributed by atoms with Gasteiger partial charge in [0.05, 0.1) is 18.8 Å². The maximum atomic E-state index is 12.4. The molecule has 0 spiro atoms. The number of nitrogens with zero attached hydrogens (tertiary/aromatic N) is 1. The summed E-state index contributed by atoms with van der Waals surface area (Å²) in [6.45, 7) is 6.05. The zero-order valence-corrected chi connectivity index (χ0v) is 14.6. The van der Waals surface area contributed by atoms with Crippen molar-refractivity contribution < 1.29 is 9.53 Å². The number of ether oxygens (including phenoxy) is 1. The van der Waals surface area contributed by atoms with E-state index in [1.165, 1.54) is 11.1 Å². The van der Waals surface area contributed by atoms with Crippen LogP contribution in [0.25, 0.3) is 0 Å². The average Bonchev–Trinajstić information content (AvgIpc) is 2.55. The van der Waals surface area contributed by atoms with Crippen LogP contribution in [0.2, 0.25) is 0 Å². The molecular weight excluding hydrogens is 290 g/mol. The summed E-state index contributed by atoms with van der Waals surface area (Å²) in [6.07, 6.45) is 0.944. The first-order valence-corrected chi connectivity index (χ1v) is 8.41. The van der Waals surface area contributed by atoms with Crippen LogP contribution in [0.4, 0.5) is 0 Å². The maximum Gasteiger partial charge on any atom is 0.239 e. The van der Waals surface area contributed by atoms with E-state index >= 15 is 0 Å². The Balaban J connectivity index is 1.97. The van der Waals surface area contributed by atoms with Crippen molar-refractivity contribution in [3.63, 3.8) is 0 Å². The van der Waals surface area contributed by atoms with E-state index < -0.39 is 0 Å². The molecule has 1 unspecified atom stereocenters. The van der Waals surface area contributed by atoms with Gasteiger partial charge in [-0.1, -0.05) is 31.2 Å². The second kappa shape index (κ2) is 8.43. The van der Waals surface area contributed by atoms with E-state index in [1.807, 2.05) is 21.0 Å². The van der Waals surface area contributed by atoms with E-state index in [4.69, 9.17) is 4.74 Å². The molecule has 1 fully saturated rings. The largest absolute Gasteiger partial charge is 0.375 e. The number of rotatable bonds is 6. The molecule has 128 valence electrons. The highest BCUT2D eigenvalue weighted by Crippen LogP contribution is 2.18. The molecule has 5 nitrogen and oxygen atoms in total. The molecule has 1 amide bonds. The van der Waals surface area contributed by atoms with Gasteiger partial charge in [-0.2, -0.15) is 0 Å². The first kappa shape index (κ1) is 17.9. The lowest BCUT2D eigenvalue weighted by Crippen LogP contribution is -2.56. The summed E-state index contributed by atoms with van der Waals surface area (Å²) in [6, 6.07) is 8.51. The number of nitrogens with one attached hydrogen (secondary N) is 2. The number of carbonyl (C=O) groups excluding carboxylic acids is 1. The number of hydrogen-bond acceptors (Lipinski definition) is 4. The van der Waals surface area contributed by atoms with Crippen molar-refractivity contribution in [3.8, 4) is 0 Å². The van der Waals surface area contributed by atoms with E-state index in [0.29, 0.717) is 13.2 Å². The van der Waals surface area contributed by atoms with E-state index in [0.717, 1.165) is 13.0 Å². The molecule has 1 aromatic carbocycles. The molecule has 1 aromatic rings. The predicted octanol–water partition coefficient (Wildman–Crippen LogP) is 1.34. The SMILES string of the molecule is CCc1ccc(C(CNC(=O)[C@H]2NCCO[C@@H]2C)N(C)C)cc1. The molecule has 0 saturated carbocycles. The molecule has 1 saturated heterocycles. The van der Waals surface area contributed by atoms with Gasteiger partial charge in [0, 0.05) is 13.1 Å². The minimum absolute atomic E-state index is 0.00854. The smallest absolute Gasteiger partial charge is 0.239 e. The Bertz CT molecular complexity index is 501. The molecule has 0 aliphatic carbocycles. The zero-order chi connectivity index (χ0) is 16.8. The van der Waals surface area contributed by atoms with Gasteiger partial charge in [-0.3, -0.25) is 4.79 Å². The number of likely N-dealkylation sites (N-methyl/N-ethyl adjacent to an activating group) is 1. The van der Waals surface area contributed by atoms with Crippen molar-refractivity contribution in [1.82, 2.24) is 15.5 Å². The number of carbonyl (C=O) groups is 1. The highest BCUT2D eigenvalue weighted by atomic mass is 16.5. The molecule has 1 aliphatic rings. The molecule has 1 aliphatic heterocycles. The maximum absolute atomic E-state index is 12.4. The third-order valence-electron chi connectivity index (χ3n) is 4.46. The lowest BCUT2D eigenvalue weighted by Gasteiger charge is -2.31. The monoisotopic (exact) mass is 319 g/mol. The molecule has 23 heavy (non-hydrogen) atoms. The third-order valence-corrected chi connectivity index (χ3v) is 4.46. The minimum Gasteiger partial charge on any atom is -0.375 e. The van der Waals surface area contributed by atoms with Crippen LogP contribution in [-0.4, -0.2) is 56.7 Å². The second-order valence-corrected chi connectivity index (χ2v) is 6.33. The van der Waals surface area contributed by atoms with Gasteiger partial charge in [0.25, 0.3) is 0 Å². The van der Waals surface area contributed by atoms with E-state index in [-0.39, 0.29) is 24.1 Å². The van der Waals surface area contributed by atoms with E-state index in [2.05, 4.69) is 46.7 Å². The second-order valence-electron chi connectivity index (χ2n) is 6.33. The fourth-order valence-corrected chi connectivity index (χ4v) is 2.91. The molecule has 0 bridgehead atoms. The third kappa shape index (κ3) is 4.77. The lowest BCUT2D eigenvalue weighted by atomic mass is 10.0. The number of aryl methyl sites for hydroxylation is 1. The molecule has 0 aromatic heterocycles. The van der Waals surface area contributed by atoms with E-state index in [1.54, 1.807) is 0 Å². The van der Waals surface area contributed by atoms with E-state index in [9.17, 15) is 4.79 Å². The van der Waals surface area contributed by atoms with Gasteiger partial charge in [-0.15, -0.1) is 0 Å².